The number of nitrogens with zero attached hydrogens (tertiary/aromatic N) is 1. The maximum atomic E-state index is 11.6. The van der Waals surface area contributed by atoms with Gasteiger partial charge in [-0.05, 0) is 27.7 Å². The van der Waals surface area contributed by atoms with Crippen molar-refractivity contribution in [1.82, 2.24) is 9.03 Å². The average molecular weight is 252 g/mol. The summed E-state index contributed by atoms with van der Waals surface area (Å²) >= 11 is 0. The van der Waals surface area contributed by atoms with Crippen molar-refractivity contribution in [2.45, 2.75) is 33.2 Å². The van der Waals surface area contributed by atoms with Crippen LogP contribution in [0.15, 0.2) is 0 Å². The van der Waals surface area contributed by atoms with Gasteiger partial charge in [0.25, 0.3) is 10.2 Å². The highest BCUT2D eigenvalue weighted by atomic mass is 32.2. The van der Waals surface area contributed by atoms with E-state index >= 15 is 0 Å². The summed E-state index contributed by atoms with van der Waals surface area (Å²) in [5.41, 5.74) is -2.31. The van der Waals surface area contributed by atoms with Crippen LogP contribution in [-0.2, 0) is 15.0 Å². The van der Waals surface area contributed by atoms with Crippen LogP contribution in [0.5, 0.6) is 0 Å². The highest BCUT2D eigenvalue weighted by Gasteiger charge is 2.46. The highest BCUT2D eigenvalue weighted by molar-refractivity contribution is 7.87. The van der Waals surface area contributed by atoms with Crippen molar-refractivity contribution < 1.29 is 18.3 Å². The summed E-state index contributed by atoms with van der Waals surface area (Å²) in [5.74, 6) is -1.06. The molecule has 0 aromatic carbocycles. The van der Waals surface area contributed by atoms with Crippen molar-refractivity contribution in [2.24, 2.45) is 5.41 Å². The molecule has 0 amide bonds. The Balaban J connectivity index is 5.20. The lowest BCUT2D eigenvalue weighted by Gasteiger charge is -2.38. The van der Waals surface area contributed by atoms with Crippen LogP contribution in [0.3, 0.4) is 0 Å². The minimum Gasteiger partial charge on any atom is -0.481 e. The van der Waals surface area contributed by atoms with Crippen LogP contribution in [0, 0.1) is 5.41 Å². The van der Waals surface area contributed by atoms with Crippen molar-refractivity contribution in [3.63, 3.8) is 0 Å². The third-order valence-electron chi connectivity index (χ3n) is 2.96. The number of rotatable bonds is 5. The maximum absolute atomic E-state index is 11.6. The summed E-state index contributed by atoms with van der Waals surface area (Å²) < 4.78 is 26.7. The number of carboxylic acids is 1. The van der Waals surface area contributed by atoms with Gasteiger partial charge in [-0.3, -0.25) is 4.79 Å². The van der Waals surface area contributed by atoms with E-state index < -0.39 is 27.1 Å². The van der Waals surface area contributed by atoms with Gasteiger partial charge >= 0.3 is 5.97 Å². The minimum absolute atomic E-state index is 1.01. The second-order valence-corrected chi connectivity index (χ2v) is 6.83. The molecule has 0 aliphatic rings. The van der Waals surface area contributed by atoms with E-state index in [2.05, 4.69) is 4.72 Å². The van der Waals surface area contributed by atoms with E-state index in [4.69, 9.17) is 5.11 Å². The van der Waals surface area contributed by atoms with Crippen LogP contribution in [0.25, 0.3) is 0 Å². The minimum atomic E-state index is -3.65. The molecule has 0 saturated heterocycles. The van der Waals surface area contributed by atoms with Gasteiger partial charge in [0.2, 0.25) is 0 Å². The summed E-state index contributed by atoms with van der Waals surface area (Å²) in [6.07, 6.45) is 0. The fourth-order valence-corrected chi connectivity index (χ4v) is 1.89. The van der Waals surface area contributed by atoms with Crippen molar-refractivity contribution in [1.29, 1.82) is 0 Å². The molecular weight excluding hydrogens is 232 g/mol. The Hall–Kier alpha value is -0.660. The summed E-state index contributed by atoms with van der Waals surface area (Å²) in [7, 11) is -0.890. The van der Waals surface area contributed by atoms with Gasteiger partial charge in [0.05, 0.1) is 5.41 Å². The molecule has 0 unspecified atom stereocenters. The standard InChI is InChI=1S/C9H20N2O4S/c1-8(2,7(12)13)9(3,4)10-16(14,15)11(5)6/h10H,1-6H3,(H,12,13). The highest BCUT2D eigenvalue weighted by Crippen LogP contribution is 2.31. The van der Waals surface area contributed by atoms with Gasteiger partial charge in [-0.1, -0.05) is 0 Å². The van der Waals surface area contributed by atoms with E-state index in [1.54, 1.807) is 13.8 Å². The number of aliphatic carboxylic acids is 1. The Kier molecular flexibility index (Phi) is 4.13. The molecule has 0 rings (SSSR count). The summed E-state index contributed by atoms with van der Waals surface area (Å²) in [6.45, 7) is 6.05. The van der Waals surface area contributed by atoms with Gasteiger partial charge in [0.15, 0.2) is 0 Å². The van der Waals surface area contributed by atoms with E-state index in [0.29, 0.717) is 0 Å². The van der Waals surface area contributed by atoms with E-state index in [9.17, 15) is 13.2 Å². The zero-order valence-electron chi connectivity index (χ0n) is 10.5. The molecule has 0 fully saturated rings. The van der Waals surface area contributed by atoms with Crippen molar-refractivity contribution in [3.05, 3.63) is 0 Å². The molecule has 0 radical (unpaired) electrons. The maximum Gasteiger partial charge on any atom is 0.310 e. The second kappa shape index (κ2) is 4.31. The first-order valence-corrected chi connectivity index (χ1v) is 6.23. The summed E-state index contributed by atoms with van der Waals surface area (Å²) in [5, 5.41) is 9.06. The average Bonchev–Trinajstić information content (AvgIpc) is 2.00. The number of nitrogens with one attached hydrogen (secondary N) is 1. The SMILES string of the molecule is CN(C)S(=O)(=O)NC(C)(C)C(C)(C)C(=O)O. The zero-order chi connectivity index (χ0) is 13.4. The number of hydrogen-bond acceptors (Lipinski definition) is 3. The third-order valence-corrected chi connectivity index (χ3v) is 4.69. The lowest BCUT2D eigenvalue weighted by atomic mass is 9.75. The number of hydrogen-bond donors (Lipinski definition) is 2. The van der Waals surface area contributed by atoms with Gasteiger partial charge in [-0.2, -0.15) is 17.4 Å². The van der Waals surface area contributed by atoms with E-state index in [1.807, 2.05) is 0 Å². The predicted molar refractivity (Wildman–Crippen MR) is 61.2 cm³/mol. The first-order valence-electron chi connectivity index (χ1n) is 4.79. The summed E-state index contributed by atoms with van der Waals surface area (Å²) in [6, 6.07) is 0. The topological polar surface area (TPSA) is 86.7 Å². The Bertz CT molecular complexity index is 371. The van der Waals surface area contributed by atoms with Crippen molar-refractivity contribution in [2.75, 3.05) is 14.1 Å². The Morgan fingerprint density at radius 2 is 1.56 bits per heavy atom. The number of carboxylic acid groups (broad SMARTS) is 1. The molecule has 6 nitrogen and oxygen atoms in total. The van der Waals surface area contributed by atoms with Crippen LogP contribution in [0.1, 0.15) is 27.7 Å². The number of carbonyl (C=O) groups is 1. The molecule has 0 spiro atoms. The molecule has 0 heterocycles. The molecular formula is C9H20N2O4S. The molecule has 0 aromatic heterocycles. The molecule has 0 bridgehead atoms. The van der Waals surface area contributed by atoms with Gasteiger partial charge < -0.3 is 5.11 Å². The van der Waals surface area contributed by atoms with Crippen LogP contribution < -0.4 is 4.72 Å². The smallest absolute Gasteiger partial charge is 0.310 e. The lowest BCUT2D eigenvalue weighted by molar-refractivity contribution is -0.150. The van der Waals surface area contributed by atoms with Gasteiger partial charge in [-0.15, -0.1) is 0 Å². The van der Waals surface area contributed by atoms with Crippen LogP contribution in [0.2, 0.25) is 0 Å². The molecule has 96 valence electrons. The lowest BCUT2D eigenvalue weighted by Crippen LogP contribution is -2.58. The molecule has 0 saturated carbocycles. The van der Waals surface area contributed by atoms with Crippen molar-refractivity contribution in [3.8, 4) is 0 Å². The fraction of sp³-hybridized carbons (Fsp3) is 0.889. The fourth-order valence-electron chi connectivity index (χ4n) is 0.809. The molecule has 0 aliphatic carbocycles. The van der Waals surface area contributed by atoms with E-state index in [0.717, 1.165) is 4.31 Å². The Morgan fingerprint density at radius 3 is 1.81 bits per heavy atom. The van der Waals surface area contributed by atoms with Crippen LogP contribution in [0.4, 0.5) is 0 Å². The van der Waals surface area contributed by atoms with E-state index in [1.165, 1.54) is 27.9 Å². The van der Waals surface area contributed by atoms with Crippen molar-refractivity contribution >= 4 is 16.2 Å². The van der Waals surface area contributed by atoms with Crippen LogP contribution >= 0.6 is 0 Å². The monoisotopic (exact) mass is 252 g/mol. The molecule has 0 atom stereocenters. The quantitative estimate of drug-likeness (QED) is 0.735. The van der Waals surface area contributed by atoms with Gasteiger partial charge in [0.1, 0.15) is 0 Å². The first kappa shape index (κ1) is 15.3. The van der Waals surface area contributed by atoms with Gasteiger partial charge in [-0.25, -0.2) is 0 Å². The summed E-state index contributed by atoms with van der Waals surface area (Å²) in [4.78, 5) is 11.1. The normalized spacial score (nSPS) is 14.2. The Morgan fingerprint density at radius 1 is 1.19 bits per heavy atom. The third kappa shape index (κ3) is 2.93. The zero-order valence-corrected chi connectivity index (χ0v) is 11.3. The van der Waals surface area contributed by atoms with Crippen LogP contribution in [-0.4, -0.2) is 43.4 Å². The second-order valence-electron chi connectivity index (χ2n) is 4.94. The van der Waals surface area contributed by atoms with E-state index in [-0.39, 0.29) is 0 Å². The molecule has 0 aromatic rings. The van der Waals surface area contributed by atoms with Gasteiger partial charge in [0, 0.05) is 19.6 Å². The Labute approximate surface area is 96.8 Å². The predicted octanol–water partition coefficient (Wildman–Crippen LogP) is 0.272. The molecule has 16 heavy (non-hydrogen) atoms. The molecule has 2 N–H and O–H groups in total. The first-order chi connectivity index (χ1) is 6.84. The molecule has 7 heteroatoms. The largest absolute Gasteiger partial charge is 0.481 e. The molecule has 0 aliphatic heterocycles.